The van der Waals surface area contributed by atoms with Crippen LogP contribution in [0.5, 0.6) is 17.4 Å². The van der Waals surface area contributed by atoms with Crippen molar-refractivity contribution < 1.29 is 27.6 Å². The molecule has 0 saturated heterocycles. The lowest BCUT2D eigenvalue weighted by atomic mass is 9.99. The number of hydrogen-bond donors (Lipinski definition) is 2. The molecular formula is C59H46N6O7. The summed E-state index contributed by atoms with van der Waals surface area (Å²) in [5, 5.41) is 15.5. The second-order valence-corrected chi connectivity index (χ2v) is 18.0. The lowest BCUT2D eigenvalue weighted by Gasteiger charge is -2.19. The molecule has 13 nitrogen and oxygen atoms in total. The Bertz CT molecular complexity index is 4060. The van der Waals surface area contributed by atoms with Crippen LogP contribution in [0.1, 0.15) is 59.4 Å². The van der Waals surface area contributed by atoms with E-state index < -0.39 is 5.76 Å². The number of rotatable bonds is 13. The molecule has 0 aliphatic carbocycles. The molecule has 2 N–H and O–H groups in total. The molecule has 0 saturated carbocycles. The number of hydrogen-bond acceptors (Lipinski definition) is 11. The monoisotopic (exact) mass is 950 g/mol. The fraction of sp³-hybridized carbons (Fsp3) is 0.136. The van der Waals surface area contributed by atoms with Crippen LogP contribution in [0.15, 0.2) is 170 Å². The van der Waals surface area contributed by atoms with Gasteiger partial charge in [0.05, 0.1) is 27.5 Å². The summed E-state index contributed by atoms with van der Waals surface area (Å²) < 4.78 is 38.2. The van der Waals surface area contributed by atoms with Crippen LogP contribution >= 0.6 is 0 Å². The third-order valence-electron chi connectivity index (χ3n) is 13.3. The van der Waals surface area contributed by atoms with Crippen LogP contribution in [0.4, 0.5) is 0 Å². The van der Waals surface area contributed by atoms with Crippen LogP contribution in [0.25, 0.3) is 89.3 Å². The minimum Gasteiger partial charge on any atom is -0.485 e. The van der Waals surface area contributed by atoms with E-state index >= 15 is 0 Å². The third kappa shape index (κ3) is 7.90. The predicted molar refractivity (Wildman–Crippen MR) is 277 cm³/mol. The number of aromatic nitrogens is 6. The average Bonchev–Trinajstić information content (AvgIpc) is 4.23. The van der Waals surface area contributed by atoms with Gasteiger partial charge in [0.25, 0.3) is 0 Å². The minimum absolute atomic E-state index is 0.0439. The van der Waals surface area contributed by atoms with Crippen LogP contribution in [-0.2, 0) is 6.61 Å². The van der Waals surface area contributed by atoms with Crippen LogP contribution in [-0.4, -0.2) is 30.3 Å². The van der Waals surface area contributed by atoms with Gasteiger partial charge in [-0.25, -0.2) is 14.8 Å². The zero-order valence-electron chi connectivity index (χ0n) is 39.9. The number of benzene rings is 6. The molecule has 0 radical (unpaired) electrons. The second-order valence-electron chi connectivity index (χ2n) is 18.0. The van der Waals surface area contributed by atoms with E-state index in [9.17, 15) is 4.79 Å². The van der Waals surface area contributed by atoms with Gasteiger partial charge < -0.3 is 23.0 Å². The predicted octanol–water partition coefficient (Wildman–Crippen LogP) is 14.1. The first-order valence-corrected chi connectivity index (χ1v) is 23.7. The van der Waals surface area contributed by atoms with Gasteiger partial charge in [-0.05, 0) is 93.8 Å². The van der Waals surface area contributed by atoms with Crippen molar-refractivity contribution in [1.82, 2.24) is 30.3 Å². The molecular weight excluding hydrogens is 905 g/mol. The van der Waals surface area contributed by atoms with E-state index in [0.29, 0.717) is 68.0 Å². The molecule has 0 fully saturated rings. The topological polar surface area (TPSA) is 167 Å². The van der Waals surface area contributed by atoms with Gasteiger partial charge in [-0.3, -0.25) is 14.6 Å². The van der Waals surface area contributed by atoms with Crippen molar-refractivity contribution in [2.45, 2.75) is 53.4 Å². The zero-order chi connectivity index (χ0) is 49.0. The molecule has 12 rings (SSSR count). The number of aromatic amines is 2. The van der Waals surface area contributed by atoms with Gasteiger partial charge in [0, 0.05) is 44.7 Å². The SMILES string of the molecule is Cc1c(-c2cc(-c3cc(OCc4ccc(OC(C)c5ccccc5)c5c(-c6noc(=O)[nH]6)cc(-c6oc7ccccc7c6C)nc45)n[nH]3)c3c(OC(C)c4ccccc4)ccc(C)c3n2)oc2ccccc12. The third-order valence-corrected chi connectivity index (χ3v) is 13.3. The maximum atomic E-state index is 12.6. The molecule has 0 spiro atoms. The summed E-state index contributed by atoms with van der Waals surface area (Å²) in [7, 11) is 0. The lowest BCUT2D eigenvalue weighted by Crippen LogP contribution is -2.06. The molecule has 2 atom stereocenters. The van der Waals surface area contributed by atoms with Crippen LogP contribution < -0.4 is 20.0 Å². The van der Waals surface area contributed by atoms with Crippen molar-refractivity contribution in [3.8, 4) is 62.9 Å². The molecule has 0 aliphatic heterocycles. The summed E-state index contributed by atoms with van der Waals surface area (Å²) >= 11 is 0. The Labute approximate surface area is 412 Å². The summed E-state index contributed by atoms with van der Waals surface area (Å²) in [6.07, 6.45) is -0.608. The molecule has 354 valence electrons. The van der Waals surface area contributed by atoms with E-state index in [2.05, 4.69) is 40.4 Å². The Morgan fingerprint density at radius 1 is 0.597 bits per heavy atom. The molecule has 13 heteroatoms. The molecule has 2 unspecified atom stereocenters. The van der Waals surface area contributed by atoms with Gasteiger partial charge in [0.1, 0.15) is 52.9 Å². The standard InChI is InChI=1S/C59H46N6O7/c1-32-24-26-49(68-35(4)37-16-8-6-9-17-37)52-42(28-45(60-54(32)52)56-33(2)40-20-12-14-22-47(40)70-56)44-30-51(64-63-44)67-31-39-25-27-50(69-36(5)38-18-10-7-11-19-38)53-43(58-62-59(66)72-65-58)29-46(61-55(39)53)57-34(3)41-21-13-15-23-48(41)71-57/h6-30,35-36H,31H2,1-5H3,(H,63,64)(H,62,65,66). The van der Waals surface area contributed by atoms with Crippen molar-refractivity contribution in [2.75, 3.05) is 0 Å². The molecule has 6 aromatic carbocycles. The Balaban J connectivity index is 0.979. The molecule has 12 aromatic rings. The maximum absolute atomic E-state index is 12.6. The van der Waals surface area contributed by atoms with Crippen molar-refractivity contribution in [2.24, 2.45) is 0 Å². The molecule has 0 aliphatic rings. The molecule has 6 heterocycles. The van der Waals surface area contributed by atoms with Crippen molar-refractivity contribution in [3.05, 3.63) is 196 Å². The first kappa shape index (κ1) is 44.0. The highest BCUT2D eigenvalue weighted by molar-refractivity contribution is 6.03. The van der Waals surface area contributed by atoms with E-state index in [-0.39, 0.29) is 24.6 Å². The Hall–Kier alpha value is -9.23. The lowest BCUT2D eigenvalue weighted by molar-refractivity contribution is 0.229. The zero-order valence-corrected chi connectivity index (χ0v) is 39.9. The van der Waals surface area contributed by atoms with E-state index in [1.807, 2.05) is 161 Å². The second kappa shape index (κ2) is 17.9. The largest absolute Gasteiger partial charge is 0.485 e. The van der Waals surface area contributed by atoms with Crippen LogP contribution in [0, 0.1) is 20.8 Å². The van der Waals surface area contributed by atoms with E-state index in [1.165, 1.54) is 0 Å². The minimum atomic E-state index is -0.702. The number of para-hydroxylation sites is 2. The van der Waals surface area contributed by atoms with E-state index in [1.54, 1.807) is 0 Å². The normalized spacial score (nSPS) is 12.5. The number of fused-ring (bicyclic) bond motifs is 4. The van der Waals surface area contributed by atoms with E-state index in [4.69, 9.17) is 42.6 Å². The fourth-order valence-corrected chi connectivity index (χ4v) is 9.57. The quantitative estimate of drug-likeness (QED) is 0.113. The Morgan fingerprint density at radius 3 is 1.72 bits per heavy atom. The number of pyridine rings is 2. The fourth-order valence-electron chi connectivity index (χ4n) is 9.57. The average molecular weight is 951 g/mol. The van der Waals surface area contributed by atoms with E-state index in [0.717, 1.165) is 66.2 Å². The Kier molecular flexibility index (Phi) is 11.0. The highest BCUT2D eigenvalue weighted by atomic mass is 16.5. The van der Waals surface area contributed by atoms with Gasteiger partial charge in [-0.15, -0.1) is 5.10 Å². The Morgan fingerprint density at radius 2 is 1.14 bits per heavy atom. The molecule has 0 bridgehead atoms. The maximum Gasteiger partial charge on any atom is 0.439 e. The molecule has 6 aromatic heterocycles. The number of nitrogens with zero attached hydrogens (tertiary/aromatic N) is 4. The van der Waals surface area contributed by atoms with Crippen LogP contribution in [0.3, 0.4) is 0 Å². The number of ether oxygens (including phenoxy) is 3. The summed E-state index contributed by atoms with van der Waals surface area (Å²) in [5.74, 6) is 2.26. The number of aryl methyl sites for hydroxylation is 3. The van der Waals surface area contributed by atoms with Gasteiger partial charge in [-0.2, -0.15) is 0 Å². The summed E-state index contributed by atoms with van der Waals surface area (Å²) in [4.78, 5) is 25.9. The first-order chi connectivity index (χ1) is 35.1. The molecule has 0 amide bonds. The van der Waals surface area contributed by atoms with Gasteiger partial charge in [0.15, 0.2) is 17.3 Å². The summed E-state index contributed by atoms with van der Waals surface area (Å²) in [5.41, 5.74) is 11.6. The van der Waals surface area contributed by atoms with Crippen LogP contribution in [0.2, 0.25) is 0 Å². The number of furan rings is 2. The summed E-state index contributed by atoms with van der Waals surface area (Å²) in [6.45, 7) is 10.2. The van der Waals surface area contributed by atoms with Gasteiger partial charge >= 0.3 is 5.76 Å². The smallest absolute Gasteiger partial charge is 0.439 e. The van der Waals surface area contributed by atoms with Gasteiger partial charge in [-0.1, -0.05) is 108 Å². The highest BCUT2D eigenvalue weighted by Gasteiger charge is 2.26. The number of H-pyrrole nitrogens is 2. The van der Waals surface area contributed by atoms with Crippen molar-refractivity contribution >= 4 is 43.7 Å². The summed E-state index contributed by atoms with van der Waals surface area (Å²) in [6, 6.07) is 49.5. The van der Waals surface area contributed by atoms with Gasteiger partial charge in [0.2, 0.25) is 5.88 Å². The molecule has 72 heavy (non-hydrogen) atoms. The van der Waals surface area contributed by atoms with Crippen molar-refractivity contribution in [1.29, 1.82) is 0 Å². The highest BCUT2D eigenvalue weighted by Crippen LogP contribution is 2.44. The van der Waals surface area contributed by atoms with Crippen molar-refractivity contribution in [3.63, 3.8) is 0 Å². The number of nitrogens with one attached hydrogen (secondary N) is 2. The first-order valence-electron chi connectivity index (χ1n) is 23.7.